The van der Waals surface area contributed by atoms with Gasteiger partial charge in [-0.3, -0.25) is 19.2 Å². The van der Waals surface area contributed by atoms with Crippen molar-refractivity contribution in [3.63, 3.8) is 0 Å². The SMILES string of the molecule is C1CCOC1.CCC/C(C(=O)c1nc(OCC2C(C)CCN2C)c2c(n1)[nH]c(=O)n2C)=C(/N)C1CCCc2sc(N)c(C#N)c21. The number of nitrogens with zero attached hydrogens (tertiary/aromatic N) is 5. The second-order valence-electron chi connectivity index (χ2n) is 12.2. The van der Waals surface area contributed by atoms with Crippen molar-refractivity contribution >= 4 is 33.3 Å². The summed E-state index contributed by atoms with van der Waals surface area (Å²) in [5.74, 6) is -0.135. The standard InChI is InChI=1S/C28H36N8O3S.C4H8O/c1-5-7-16(21(30)15-8-6-9-19-20(15)17(12-29)24(31)40-19)23(37)26-32-25-22(36(4)28(38)34-25)27(33-26)39-13-18-14(2)10-11-35(18)3;1-2-4-5-3-1/h14-15,18H,5-11,13,30-31H2,1-4H3,(H,32,33,34,38);1-4H2/b21-16-;. The zero-order chi connectivity index (χ0) is 32.2. The van der Waals surface area contributed by atoms with Gasteiger partial charge in [-0.05, 0) is 70.0 Å². The van der Waals surface area contributed by atoms with E-state index >= 15 is 0 Å². The first kappa shape index (κ1) is 32.7. The van der Waals surface area contributed by atoms with Gasteiger partial charge < -0.3 is 20.9 Å². The number of thiophene rings is 1. The van der Waals surface area contributed by atoms with E-state index in [0.29, 0.717) is 52.7 Å². The third kappa shape index (κ3) is 6.64. The normalized spacial score (nSPS) is 22.0. The number of likely N-dealkylation sites (tertiary alicyclic amines) is 1. The molecule has 13 heteroatoms. The first-order valence-electron chi connectivity index (χ1n) is 15.9. The highest BCUT2D eigenvalue weighted by molar-refractivity contribution is 7.16. The number of aromatic amines is 1. The van der Waals surface area contributed by atoms with Crippen LogP contribution >= 0.6 is 11.3 Å². The quantitative estimate of drug-likeness (QED) is 0.242. The Morgan fingerprint density at radius 1 is 1.22 bits per heavy atom. The van der Waals surface area contributed by atoms with Gasteiger partial charge in [-0.2, -0.15) is 10.2 Å². The van der Waals surface area contributed by atoms with Crippen molar-refractivity contribution in [3.8, 4) is 11.9 Å². The number of likely N-dealkylation sites (N-methyl/N-ethyl adjacent to an activating group) is 1. The molecule has 3 unspecified atom stereocenters. The molecule has 3 aliphatic rings. The molecule has 0 amide bonds. The van der Waals surface area contributed by atoms with E-state index in [-0.39, 0.29) is 35.0 Å². The number of fused-ring (bicyclic) bond motifs is 2. The molecule has 2 aliphatic heterocycles. The lowest BCUT2D eigenvalue weighted by Crippen LogP contribution is -2.34. The molecule has 0 radical (unpaired) electrons. The van der Waals surface area contributed by atoms with Gasteiger partial charge in [0.1, 0.15) is 17.7 Å². The van der Waals surface area contributed by atoms with Crippen molar-refractivity contribution < 1.29 is 14.3 Å². The molecule has 45 heavy (non-hydrogen) atoms. The maximum atomic E-state index is 14.0. The largest absolute Gasteiger partial charge is 0.474 e. The maximum absolute atomic E-state index is 14.0. The second kappa shape index (κ2) is 14.1. The van der Waals surface area contributed by atoms with Gasteiger partial charge in [-0.15, -0.1) is 11.3 Å². The molecule has 3 aromatic heterocycles. The summed E-state index contributed by atoms with van der Waals surface area (Å²) < 4.78 is 12.5. The van der Waals surface area contributed by atoms with E-state index in [2.05, 4.69) is 39.9 Å². The average molecular weight is 637 g/mol. The molecular formula is C32H44N8O4S. The fourth-order valence-electron chi connectivity index (χ4n) is 6.57. The van der Waals surface area contributed by atoms with E-state index in [9.17, 15) is 14.9 Å². The van der Waals surface area contributed by atoms with E-state index in [1.165, 1.54) is 28.7 Å². The van der Waals surface area contributed by atoms with Crippen LogP contribution in [0.5, 0.6) is 5.88 Å². The number of Topliss-reactive ketones (excluding diaryl/α,β-unsaturated/α-hetero) is 1. The molecule has 2 fully saturated rings. The van der Waals surface area contributed by atoms with Gasteiger partial charge in [0.2, 0.25) is 17.5 Å². The van der Waals surface area contributed by atoms with Crippen LogP contribution in [0.2, 0.25) is 0 Å². The highest BCUT2D eigenvalue weighted by Crippen LogP contribution is 2.45. The molecule has 5 N–H and O–H groups in total. The Morgan fingerprint density at radius 2 is 1.98 bits per heavy atom. The number of carbonyl (C=O) groups excluding carboxylic acids is 1. The smallest absolute Gasteiger partial charge is 0.327 e. The minimum absolute atomic E-state index is 0.0788. The van der Waals surface area contributed by atoms with Crippen LogP contribution in [0.25, 0.3) is 11.2 Å². The molecule has 3 atom stereocenters. The predicted molar refractivity (Wildman–Crippen MR) is 174 cm³/mol. The Morgan fingerprint density at radius 3 is 2.60 bits per heavy atom. The Labute approximate surface area is 267 Å². The molecule has 0 spiro atoms. The molecule has 0 aromatic carbocycles. The van der Waals surface area contributed by atoms with E-state index < -0.39 is 5.78 Å². The Kier molecular flexibility index (Phi) is 10.3. The monoisotopic (exact) mass is 636 g/mol. The Balaban J connectivity index is 0.000000729. The number of nitriles is 1. The minimum Gasteiger partial charge on any atom is -0.474 e. The third-order valence-electron chi connectivity index (χ3n) is 9.20. The van der Waals surface area contributed by atoms with Crippen molar-refractivity contribution in [3.05, 3.63) is 43.6 Å². The first-order chi connectivity index (χ1) is 21.7. The molecule has 12 nitrogen and oxygen atoms in total. The molecule has 6 rings (SSSR count). The van der Waals surface area contributed by atoms with E-state index in [1.54, 1.807) is 7.05 Å². The van der Waals surface area contributed by atoms with Crippen LogP contribution in [0.15, 0.2) is 16.1 Å². The van der Waals surface area contributed by atoms with Crippen LogP contribution < -0.4 is 21.9 Å². The summed E-state index contributed by atoms with van der Waals surface area (Å²) in [7, 11) is 3.68. The summed E-state index contributed by atoms with van der Waals surface area (Å²) >= 11 is 1.43. The van der Waals surface area contributed by atoms with Crippen LogP contribution in [-0.2, 0) is 18.2 Å². The third-order valence-corrected chi connectivity index (χ3v) is 10.3. The maximum Gasteiger partial charge on any atom is 0.327 e. The zero-order valence-electron chi connectivity index (χ0n) is 26.6. The number of hydrogen-bond donors (Lipinski definition) is 3. The summed E-state index contributed by atoms with van der Waals surface area (Å²) in [4.78, 5) is 41.6. The van der Waals surface area contributed by atoms with Crippen molar-refractivity contribution in [2.45, 2.75) is 77.2 Å². The van der Waals surface area contributed by atoms with Crippen LogP contribution in [0.1, 0.15) is 91.3 Å². The second-order valence-corrected chi connectivity index (χ2v) is 13.4. The highest BCUT2D eigenvalue weighted by atomic mass is 32.1. The summed E-state index contributed by atoms with van der Waals surface area (Å²) in [6.45, 7) is 7.52. The fraction of sp³-hybridized carbons (Fsp3) is 0.594. The number of hydrogen-bond acceptors (Lipinski definition) is 11. The fourth-order valence-corrected chi connectivity index (χ4v) is 7.69. The number of H-pyrrole nitrogens is 1. The van der Waals surface area contributed by atoms with Gasteiger partial charge in [0.25, 0.3) is 0 Å². The number of ketones is 1. The molecule has 242 valence electrons. The summed E-state index contributed by atoms with van der Waals surface area (Å²) in [5.41, 5.74) is 15.4. The number of aromatic nitrogens is 4. The molecular weight excluding hydrogens is 592 g/mol. The minimum atomic E-state index is -0.406. The van der Waals surface area contributed by atoms with Gasteiger partial charge in [-0.25, -0.2) is 9.78 Å². The number of allylic oxidation sites excluding steroid dienone is 2. The van der Waals surface area contributed by atoms with Gasteiger partial charge in [0, 0.05) is 48.4 Å². The summed E-state index contributed by atoms with van der Waals surface area (Å²) in [6, 6.07) is 2.43. The molecule has 5 heterocycles. The van der Waals surface area contributed by atoms with Crippen LogP contribution in [0.4, 0.5) is 5.00 Å². The predicted octanol–water partition coefficient (Wildman–Crippen LogP) is 4.00. The molecule has 0 saturated carbocycles. The number of ether oxygens (including phenoxy) is 2. The Bertz CT molecular complexity index is 1660. The number of aryl methyl sites for hydroxylation is 2. The van der Waals surface area contributed by atoms with Crippen molar-refractivity contribution in [1.29, 1.82) is 5.26 Å². The molecule has 3 aromatic rings. The number of anilines is 1. The average Bonchev–Trinajstić information content (AvgIpc) is 3.83. The molecule has 2 saturated heterocycles. The number of nitrogens with one attached hydrogen (secondary N) is 1. The van der Waals surface area contributed by atoms with Gasteiger partial charge in [0.05, 0.1) is 5.56 Å². The number of nitrogen functional groups attached to an aromatic ring is 1. The number of rotatable bonds is 8. The topological polar surface area (TPSA) is 178 Å². The lowest BCUT2D eigenvalue weighted by Gasteiger charge is -2.25. The highest BCUT2D eigenvalue weighted by Gasteiger charge is 2.33. The van der Waals surface area contributed by atoms with E-state index in [0.717, 1.165) is 55.9 Å². The summed E-state index contributed by atoms with van der Waals surface area (Å²) in [5, 5.41) is 10.3. The zero-order valence-corrected chi connectivity index (χ0v) is 27.5. The van der Waals surface area contributed by atoms with Crippen molar-refractivity contribution in [1.82, 2.24) is 24.4 Å². The molecule has 0 bridgehead atoms. The number of carbonyl (C=O) groups is 1. The van der Waals surface area contributed by atoms with Crippen LogP contribution in [0.3, 0.4) is 0 Å². The van der Waals surface area contributed by atoms with Crippen LogP contribution in [0, 0.1) is 17.2 Å². The van der Waals surface area contributed by atoms with Gasteiger partial charge >= 0.3 is 5.69 Å². The van der Waals surface area contributed by atoms with Gasteiger partial charge in [-0.1, -0.05) is 20.3 Å². The lowest BCUT2D eigenvalue weighted by molar-refractivity contribution is 0.101. The Hall–Kier alpha value is -3.73. The number of imidazole rings is 1. The van der Waals surface area contributed by atoms with Crippen LogP contribution in [-0.4, -0.2) is 69.7 Å². The summed E-state index contributed by atoms with van der Waals surface area (Å²) in [6.07, 6.45) is 7.17. The van der Waals surface area contributed by atoms with E-state index in [1.807, 2.05) is 6.92 Å². The first-order valence-corrected chi connectivity index (χ1v) is 16.7. The van der Waals surface area contributed by atoms with Crippen molar-refractivity contribution in [2.75, 3.05) is 39.1 Å². The van der Waals surface area contributed by atoms with Crippen molar-refractivity contribution in [2.24, 2.45) is 18.7 Å². The van der Waals surface area contributed by atoms with E-state index in [4.69, 9.17) is 20.9 Å². The lowest BCUT2D eigenvalue weighted by atomic mass is 9.80. The molecule has 1 aliphatic carbocycles. The number of nitrogens with two attached hydrogens (primary N) is 2. The van der Waals surface area contributed by atoms with Gasteiger partial charge in [0.15, 0.2) is 11.2 Å².